The topological polar surface area (TPSA) is 188 Å². The number of nitrogens with zero attached hydrogens (tertiary/aromatic N) is 1. The lowest BCUT2D eigenvalue weighted by atomic mass is 9.87. The molecule has 2 aliphatic rings. The number of carbonyl (C=O) groups is 6. The number of hydrogen-bond acceptors (Lipinski definition) is 6. The molecule has 2 aromatic carbocycles. The molecule has 0 spiro atoms. The van der Waals surface area contributed by atoms with Crippen molar-refractivity contribution in [2.75, 3.05) is 0 Å². The summed E-state index contributed by atoms with van der Waals surface area (Å²) >= 11 is 0. The van der Waals surface area contributed by atoms with Crippen LogP contribution in [-0.4, -0.2) is 75.4 Å². The molecule has 0 aliphatic carbocycles. The van der Waals surface area contributed by atoms with Crippen LogP contribution in [0.25, 0.3) is 10.9 Å². The van der Waals surface area contributed by atoms with E-state index in [9.17, 15) is 33.9 Å². The molecule has 6 atom stereocenters. The van der Waals surface area contributed by atoms with Crippen molar-refractivity contribution in [2.24, 2.45) is 5.92 Å². The third-order valence-corrected chi connectivity index (χ3v) is 9.84. The maximum atomic E-state index is 14.5. The summed E-state index contributed by atoms with van der Waals surface area (Å²) in [6.07, 6.45) is 2.77. The van der Waals surface area contributed by atoms with E-state index in [1.54, 1.807) is 30.5 Å². The first kappa shape index (κ1) is 36.1. The second kappa shape index (κ2) is 15.1. The van der Waals surface area contributed by atoms with E-state index in [1.807, 2.05) is 62.6 Å². The molecule has 13 nitrogen and oxygen atoms in total. The molecule has 1 saturated heterocycles. The Balaban J connectivity index is 1.65. The normalized spacial score (nSPS) is 26.3. The highest BCUT2D eigenvalue weighted by Crippen LogP contribution is 2.34. The number of hydrogen-bond donors (Lipinski definition) is 6. The quantitative estimate of drug-likeness (QED) is 0.209. The summed E-state index contributed by atoms with van der Waals surface area (Å²) < 4.78 is 1.87. The minimum Gasteiger partial charge on any atom is -0.480 e. The largest absolute Gasteiger partial charge is 0.480 e. The van der Waals surface area contributed by atoms with E-state index in [2.05, 4.69) is 26.6 Å². The van der Waals surface area contributed by atoms with E-state index in [1.165, 1.54) is 0 Å². The minimum atomic E-state index is -1.34. The molecule has 3 heterocycles. The first-order valence-electron chi connectivity index (χ1n) is 17.2. The number of para-hydroxylation sites is 1. The number of amides is 5. The number of fused-ring (bicyclic) bond motifs is 5. The van der Waals surface area contributed by atoms with Crippen molar-refractivity contribution < 1.29 is 33.9 Å². The maximum absolute atomic E-state index is 14.5. The predicted molar refractivity (Wildman–Crippen MR) is 186 cm³/mol. The van der Waals surface area contributed by atoms with Gasteiger partial charge >= 0.3 is 5.97 Å². The van der Waals surface area contributed by atoms with Crippen LogP contribution in [0.4, 0.5) is 0 Å². The number of nitrogens with one attached hydrogen (secondary N) is 5. The molecular formula is C37H46N6O7. The van der Waals surface area contributed by atoms with Gasteiger partial charge in [-0.15, -0.1) is 0 Å². The number of aromatic nitrogens is 1. The highest BCUT2D eigenvalue weighted by molar-refractivity contribution is 5.98. The number of benzene rings is 2. The van der Waals surface area contributed by atoms with Gasteiger partial charge in [-0.1, -0.05) is 69.3 Å². The standard InChI is InChI=1S/C37H46N6O7/c1-5-37(4)31(42-32(45)25-15-16-30(44)38-25)35(48)40-26(17-21(2)3)33(46)39-27(18-22-11-7-6-8-12-22)34(47)41-28(36(49)50)19-23-20-43(37)29-14-10-9-13-24(23)29/h6-14,20-21,25-28,31H,5,15-19H2,1-4H3,(H,38,44)(H,39,46)(H,40,48)(H,41,47)(H,42,45)(H,49,50)/t25-,26-,27-,28-,31+,37+/m0/s1. The van der Waals surface area contributed by atoms with Crippen molar-refractivity contribution in [3.63, 3.8) is 0 Å². The Hall–Kier alpha value is -5.20. The molecular weight excluding hydrogens is 640 g/mol. The van der Waals surface area contributed by atoms with E-state index < -0.39 is 65.3 Å². The molecule has 266 valence electrons. The second-order valence-electron chi connectivity index (χ2n) is 13.9. The lowest BCUT2D eigenvalue weighted by Crippen LogP contribution is -2.64. The molecule has 50 heavy (non-hydrogen) atoms. The molecule has 13 heteroatoms. The molecule has 2 aliphatic heterocycles. The first-order chi connectivity index (χ1) is 23.8. The number of aliphatic carboxylic acids is 1. The van der Waals surface area contributed by atoms with Crippen LogP contribution < -0.4 is 26.6 Å². The summed E-state index contributed by atoms with van der Waals surface area (Å²) in [6, 6.07) is 10.7. The Morgan fingerprint density at radius 3 is 2.20 bits per heavy atom. The Bertz CT molecular complexity index is 1770. The smallest absolute Gasteiger partial charge is 0.326 e. The van der Waals surface area contributed by atoms with Crippen molar-refractivity contribution in [1.29, 1.82) is 0 Å². The molecule has 6 N–H and O–H groups in total. The number of carbonyl (C=O) groups excluding carboxylic acids is 5. The van der Waals surface area contributed by atoms with Crippen molar-refractivity contribution in [3.8, 4) is 0 Å². The summed E-state index contributed by atoms with van der Waals surface area (Å²) in [6.45, 7) is 7.49. The van der Waals surface area contributed by atoms with Gasteiger partial charge in [0, 0.05) is 36.4 Å². The molecule has 3 aromatic rings. The molecule has 5 rings (SSSR count). The van der Waals surface area contributed by atoms with Crippen molar-refractivity contribution in [1.82, 2.24) is 31.2 Å². The van der Waals surface area contributed by atoms with Crippen molar-refractivity contribution in [2.45, 2.75) is 102 Å². The minimum absolute atomic E-state index is 0.0545. The van der Waals surface area contributed by atoms with Crippen LogP contribution in [0.5, 0.6) is 0 Å². The SMILES string of the molecule is CC[C@]1(C)[C@H](NC(=O)[C@@H]2CCC(=O)N2)C(=O)N[C@@H](CC(C)C)C(=O)N[C@@H](Cc2ccccc2)C(=O)N[C@H](C(=O)O)Cc2cn1c1ccccc21. The van der Waals surface area contributed by atoms with E-state index in [-0.39, 0.29) is 43.9 Å². The molecule has 5 amide bonds. The number of carboxylic acids is 1. The Morgan fingerprint density at radius 1 is 0.900 bits per heavy atom. The third-order valence-electron chi connectivity index (χ3n) is 9.84. The summed E-state index contributed by atoms with van der Waals surface area (Å²) in [4.78, 5) is 80.7. The van der Waals surface area contributed by atoms with Gasteiger partial charge in [-0.05, 0) is 49.3 Å². The summed E-state index contributed by atoms with van der Waals surface area (Å²) in [7, 11) is 0. The summed E-state index contributed by atoms with van der Waals surface area (Å²) in [5, 5.41) is 25.0. The third kappa shape index (κ3) is 7.82. The molecule has 0 radical (unpaired) electrons. The van der Waals surface area contributed by atoms with E-state index in [0.717, 1.165) is 10.9 Å². The van der Waals surface area contributed by atoms with Gasteiger partial charge in [0.15, 0.2) is 0 Å². The zero-order valence-corrected chi connectivity index (χ0v) is 28.8. The number of rotatable bonds is 8. The zero-order chi connectivity index (χ0) is 36.2. The fraction of sp³-hybridized carbons (Fsp3) is 0.459. The van der Waals surface area contributed by atoms with Crippen LogP contribution in [0.3, 0.4) is 0 Å². The van der Waals surface area contributed by atoms with Crippen LogP contribution in [0, 0.1) is 5.92 Å². The van der Waals surface area contributed by atoms with Gasteiger partial charge in [-0.25, -0.2) is 4.79 Å². The fourth-order valence-electron chi connectivity index (χ4n) is 6.89. The Kier molecular flexibility index (Phi) is 10.9. The van der Waals surface area contributed by atoms with Crippen LogP contribution in [0.15, 0.2) is 60.8 Å². The molecule has 0 unspecified atom stereocenters. The lowest BCUT2D eigenvalue weighted by Gasteiger charge is -2.39. The maximum Gasteiger partial charge on any atom is 0.326 e. The van der Waals surface area contributed by atoms with Crippen LogP contribution in [0.2, 0.25) is 0 Å². The van der Waals surface area contributed by atoms with Crippen molar-refractivity contribution in [3.05, 3.63) is 71.9 Å². The molecule has 2 bridgehead atoms. The predicted octanol–water partition coefficient (Wildman–Crippen LogP) is 1.91. The van der Waals surface area contributed by atoms with Crippen LogP contribution >= 0.6 is 0 Å². The van der Waals surface area contributed by atoms with Gasteiger partial charge in [-0.2, -0.15) is 0 Å². The average molecular weight is 687 g/mol. The lowest BCUT2D eigenvalue weighted by molar-refractivity contribution is -0.142. The van der Waals surface area contributed by atoms with Gasteiger partial charge in [0.2, 0.25) is 29.5 Å². The van der Waals surface area contributed by atoms with Gasteiger partial charge in [0.1, 0.15) is 30.2 Å². The Labute approximate surface area is 290 Å². The van der Waals surface area contributed by atoms with Gasteiger partial charge in [0.05, 0.1) is 5.54 Å². The van der Waals surface area contributed by atoms with E-state index in [4.69, 9.17) is 0 Å². The summed E-state index contributed by atoms with van der Waals surface area (Å²) in [5.41, 5.74) is 0.898. The fourth-order valence-corrected chi connectivity index (χ4v) is 6.89. The highest BCUT2D eigenvalue weighted by atomic mass is 16.4. The molecule has 1 aromatic heterocycles. The highest BCUT2D eigenvalue weighted by Gasteiger charge is 2.44. The van der Waals surface area contributed by atoms with Crippen molar-refractivity contribution >= 4 is 46.4 Å². The van der Waals surface area contributed by atoms with Gasteiger partial charge in [0.25, 0.3) is 0 Å². The Morgan fingerprint density at radius 2 is 1.56 bits per heavy atom. The van der Waals surface area contributed by atoms with E-state index in [0.29, 0.717) is 17.5 Å². The summed E-state index contributed by atoms with van der Waals surface area (Å²) in [5.74, 6) is -4.00. The number of carboxylic acid groups (broad SMARTS) is 1. The molecule has 0 saturated carbocycles. The zero-order valence-electron chi connectivity index (χ0n) is 28.8. The van der Waals surface area contributed by atoms with Gasteiger partial charge in [-0.3, -0.25) is 24.0 Å². The second-order valence-corrected chi connectivity index (χ2v) is 13.9. The first-order valence-corrected chi connectivity index (χ1v) is 17.2. The van der Waals surface area contributed by atoms with Crippen LogP contribution in [0.1, 0.15) is 64.5 Å². The monoisotopic (exact) mass is 686 g/mol. The average Bonchev–Trinajstić information content (AvgIpc) is 3.69. The molecule has 1 fully saturated rings. The van der Waals surface area contributed by atoms with Crippen LogP contribution in [-0.2, 0) is 47.1 Å². The van der Waals surface area contributed by atoms with E-state index >= 15 is 0 Å². The van der Waals surface area contributed by atoms with Gasteiger partial charge < -0.3 is 36.3 Å².